The number of rotatable bonds is 3. The molecular formula is C18H24ClNO5. The average Bonchev–Trinajstić information content (AvgIpc) is 2.52. The number of halogens is 1. The van der Waals surface area contributed by atoms with E-state index in [1.54, 1.807) is 45.9 Å². The van der Waals surface area contributed by atoms with E-state index in [1.807, 2.05) is 6.92 Å². The van der Waals surface area contributed by atoms with Crippen LogP contribution in [-0.2, 0) is 14.3 Å². The average molecular weight is 370 g/mol. The van der Waals surface area contributed by atoms with Gasteiger partial charge in [0.15, 0.2) is 0 Å². The van der Waals surface area contributed by atoms with Crippen LogP contribution in [0, 0.1) is 0 Å². The fourth-order valence-corrected chi connectivity index (χ4v) is 2.71. The first-order valence-corrected chi connectivity index (χ1v) is 8.66. The molecule has 6 nitrogen and oxygen atoms in total. The summed E-state index contributed by atoms with van der Waals surface area (Å²) in [5.74, 6) is -0.122. The molecule has 0 fully saturated rings. The first-order valence-electron chi connectivity index (χ1n) is 8.28. The van der Waals surface area contributed by atoms with Crippen LogP contribution in [-0.4, -0.2) is 36.4 Å². The van der Waals surface area contributed by atoms with Crippen LogP contribution in [0.4, 0.5) is 10.5 Å². The van der Waals surface area contributed by atoms with E-state index in [0.717, 1.165) is 0 Å². The molecule has 0 bridgehead atoms. The fourth-order valence-electron chi connectivity index (χ4n) is 2.55. The molecule has 1 aliphatic heterocycles. The predicted octanol–water partition coefficient (Wildman–Crippen LogP) is 4.19. The van der Waals surface area contributed by atoms with E-state index in [4.69, 9.17) is 25.8 Å². The maximum atomic E-state index is 12.7. The van der Waals surface area contributed by atoms with Crippen molar-refractivity contribution >= 4 is 29.4 Å². The van der Waals surface area contributed by atoms with Gasteiger partial charge in [-0.15, -0.1) is 0 Å². The van der Waals surface area contributed by atoms with Crippen LogP contribution in [0.3, 0.4) is 0 Å². The summed E-state index contributed by atoms with van der Waals surface area (Å²) in [6.07, 6.45) is -0.228. The van der Waals surface area contributed by atoms with E-state index in [2.05, 4.69) is 0 Å². The number of hydrogen-bond acceptors (Lipinski definition) is 5. The number of fused-ring (bicyclic) bond motifs is 1. The van der Waals surface area contributed by atoms with Crippen molar-refractivity contribution in [2.24, 2.45) is 0 Å². The Morgan fingerprint density at radius 1 is 1.32 bits per heavy atom. The van der Waals surface area contributed by atoms with Gasteiger partial charge in [0.25, 0.3) is 0 Å². The molecule has 2 rings (SSSR count). The van der Waals surface area contributed by atoms with Crippen molar-refractivity contribution in [3.8, 4) is 5.75 Å². The Labute approximate surface area is 153 Å². The summed E-state index contributed by atoms with van der Waals surface area (Å²) in [5, 5.41) is 0.455. The van der Waals surface area contributed by atoms with Crippen molar-refractivity contribution in [1.82, 2.24) is 0 Å². The molecule has 1 aliphatic rings. The summed E-state index contributed by atoms with van der Waals surface area (Å²) in [5.41, 5.74) is -1.49. The Balaban J connectivity index is 2.48. The molecule has 0 radical (unpaired) electrons. The maximum Gasteiger partial charge on any atom is 0.415 e. The maximum absolute atomic E-state index is 12.7. The molecule has 25 heavy (non-hydrogen) atoms. The van der Waals surface area contributed by atoms with Gasteiger partial charge in [-0.05, 0) is 52.3 Å². The molecule has 0 N–H and O–H groups in total. The van der Waals surface area contributed by atoms with E-state index >= 15 is 0 Å². The molecule has 0 aromatic heterocycles. The summed E-state index contributed by atoms with van der Waals surface area (Å²) >= 11 is 6.07. The van der Waals surface area contributed by atoms with Gasteiger partial charge in [-0.2, -0.15) is 0 Å². The third-order valence-electron chi connectivity index (χ3n) is 3.76. The second-order valence-electron chi connectivity index (χ2n) is 6.85. The highest BCUT2D eigenvalue weighted by Gasteiger charge is 2.48. The molecule has 138 valence electrons. The van der Waals surface area contributed by atoms with Crippen LogP contribution < -0.4 is 9.64 Å². The molecule has 0 saturated heterocycles. The van der Waals surface area contributed by atoms with Crippen molar-refractivity contribution in [2.75, 3.05) is 18.1 Å². The minimum absolute atomic E-state index is 0.00934. The van der Waals surface area contributed by atoms with Crippen LogP contribution in [0.2, 0.25) is 5.02 Å². The van der Waals surface area contributed by atoms with Crippen molar-refractivity contribution in [1.29, 1.82) is 0 Å². The number of carbonyl (C=O) groups excluding carboxylic acids is 2. The number of ether oxygens (including phenoxy) is 3. The second-order valence-corrected chi connectivity index (χ2v) is 7.29. The molecule has 1 heterocycles. The Kier molecular flexibility index (Phi) is 5.52. The Morgan fingerprint density at radius 2 is 2.00 bits per heavy atom. The van der Waals surface area contributed by atoms with Crippen molar-refractivity contribution in [2.45, 2.75) is 52.2 Å². The molecular weight excluding hydrogens is 346 g/mol. The molecule has 7 heteroatoms. The summed E-state index contributed by atoms with van der Waals surface area (Å²) in [4.78, 5) is 26.6. The summed E-state index contributed by atoms with van der Waals surface area (Å²) in [6.45, 7) is 9.09. The summed E-state index contributed by atoms with van der Waals surface area (Å²) in [6, 6.07) is 4.90. The minimum Gasteiger partial charge on any atom is -0.471 e. The topological polar surface area (TPSA) is 65.1 Å². The number of hydrogen-bond donors (Lipinski definition) is 0. The largest absolute Gasteiger partial charge is 0.471 e. The van der Waals surface area contributed by atoms with Gasteiger partial charge in [0, 0.05) is 5.02 Å². The van der Waals surface area contributed by atoms with E-state index in [9.17, 15) is 9.59 Å². The van der Waals surface area contributed by atoms with E-state index in [1.165, 1.54) is 4.90 Å². The highest BCUT2D eigenvalue weighted by atomic mass is 35.5. The molecule has 1 aromatic carbocycles. The lowest BCUT2D eigenvalue weighted by atomic mass is 9.97. The number of anilines is 1. The third-order valence-corrected chi connectivity index (χ3v) is 4.00. The molecule has 1 unspecified atom stereocenters. The lowest BCUT2D eigenvalue weighted by Gasteiger charge is -2.41. The lowest BCUT2D eigenvalue weighted by molar-refractivity contribution is -0.161. The summed E-state index contributed by atoms with van der Waals surface area (Å²) < 4.78 is 16.6. The van der Waals surface area contributed by atoms with Gasteiger partial charge in [0.2, 0.25) is 5.60 Å². The highest BCUT2D eigenvalue weighted by Crippen LogP contribution is 2.41. The number of amides is 1. The normalized spacial score (nSPS) is 19.7. The van der Waals surface area contributed by atoms with Crippen molar-refractivity contribution in [3.05, 3.63) is 23.2 Å². The molecule has 1 aromatic rings. The van der Waals surface area contributed by atoms with Gasteiger partial charge in [-0.25, -0.2) is 9.59 Å². The Morgan fingerprint density at radius 3 is 2.56 bits per heavy atom. The van der Waals surface area contributed by atoms with Gasteiger partial charge in [0.1, 0.15) is 11.4 Å². The second kappa shape index (κ2) is 7.12. The zero-order valence-corrected chi connectivity index (χ0v) is 16.0. The monoisotopic (exact) mass is 369 g/mol. The van der Waals surface area contributed by atoms with Gasteiger partial charge in [-0.1, -0.05) is 18.5 Å². The minimum atomic E-state index is -1.28. The standard InChI is InChI=1S/C18H24ClNO5/c1-6-18(15(21)23-7-2)11-20(16(22)25-17(3,4)5)13-10-12(19)8-9-14(13)24-18/h8-10H,6-7,11H2,1-5H3. The fraction of sp³-hybridized carbons (Fsp3) is 0.556. The lowest BCUT2D eigenvalue weighted by Crippen LogP contribution is -2.58. The van der Waals surface area contributed by atoms with Crippen LogP contribution in [0.15, 0.2) is 18.2 Å². The number of nitrogens with zero attached hydrogens (tertiary/aromatic N) is 1. The zero-order chi connectivity index (χ0) is 18.8. The van der Waals surface area contributed by atoms with E-state index in [-0.39, 0.29) is 13.2 Å². The van der Waals surface area contributed by atoms with Crippen molar-refractivity contribution in [3.63, 3.8) is 0 Å². The van der Waals surface area contributed by atoms with Gasteiger partial charge in [0.05, 0.1) is 18.8 Å². The van der Waals surface area contributed by atoms with Crippen LogP contribution in [0.25, 0.3) is 0 Å². The Bertz CT molecular complexity index is 670. The third kappa shape index (κ3) is 4.18. The van der Waals surface area contributed by atoms with Crippen molar-refractivity contribution < 1.29 is 23.8 Å². The molecule has 1 amide bonds. The first-order chi connectivity index (χ1) is 11.6. The van der Waals surface area contributed by atoms with Crippen LogP contribution in [0.1, 0.15) is 41.0 Å². The quantitative estimate of drug-likeness (QED) is 0.747. The van der Waals surface area contributed by atoms with Crippen LogP contribution in [0.5, 0.6) is 5.75 Å². The number of benzene rings is 1. The highest BCUT2D eigenvalue weighted by molar-refractivity contribution is 6.31. The SMILES string of the molecule is CCOC(=O)C1(CC)CN(C(=O)OC(C)(C)C)c2cc(Cl)ccc2O1. The molecule has 0 spiro atoms. The van der Waals surface area contributed by atoms with Gasteiger partial charge >= 0.3 is 12.1 Å². The smallest absolute Gasteiger partial charge is 0.415 e. The number of carbonyl (C=O) groups is 2. The van der Waals surface area contributed by atoms with Gasteiger partial charge < -0.3 is 14.2 Å². The van der Waals surface area contributed by atoms with E-state index < -0.39 is 23.3 Å². The Hall–Kier alpha value is -1.95. The molecule has 1 atom stereocenters. The molecule has 0 saturated carbocycles. The molecule has 0 aliphatic carbocycles. The predicted molar refractivity (Wildman–Crippen MR) is 95.3 cm³/mol. The summed E-state index contributed by atoms with van der Waals surface area (Å²) in [7, 11) is 0. The zero-order valence-electron chi connectivity index (χ0n) is 15.2. The first kappa shape index (κ1) is 19.4. The van der Waals surface area contributed by atoms with E-state index in [0.29, 0.717) is 22.9 Å². The number of esters is 1. The van der Waals surface area contributed by atoms with Gasteiger partial charge in [-0.3, -0.25) is 4.90 Å². The van der Waals surface area contributed by atoms with Crippen LogP contribution >= 0.6 is 11.6 Å².